The molecule has 3 aromatic rings. The first-order valence-electron chi connectivity index (χ1n) is 23.4. The minimum absolute atomic E-state index is 0.00893. The van der Waals surface area contributed by atoms with E-state index in [2.05, 4.69) is 15.0 Å². The molecule has 0 aromatic heterocycles. The molecule has 70 heavy (non-hydrogen) atoms. The fourth-order valence-corrected chi connectivity index (χ4v) is 11.3. The Hall–Kier alpha value is -6.39. The number of hydrogen-bond acceptors (Lipinski definition) is 16. The molecule has 1 saturated carbocycles. The van der Waals surface area contributed by atoms with E-state index in [0.717, 1.165) is 17.4 Å². The first-order chi connectivity index (χ1) is 33.4. The van der Waals surface area contributed by atoms with Gasteiger partial charge >= 0.3 is 11.9 Å². The third kappa shape index (κ3) is 9.23. The Morgan fingerprint density at radius 1 is 0.957 bits per heavy atom. The average Bonchev–Trinajstić information content (AvgIpc) is 4.05. The molecule has 0 spiro atoms. The Morgan fingerprint density at radius 2 is 1.71 bits per heavy atom. The number of para-hydroxylation sites is 1. The molecule has 8 rings (SSSR count). The summed E-state index contributed by atoms with van der Waals surface area (Å²) in [6, 6.07) is 13.9. The van der Waals surface area contributed by atoms with Crippen molar-refractivity contribution >= 4 is 41.5 Å². The number of aliphatic carboxylic acids is 1. The quantitative estimate of drug-likeness (QED) is 0.0230. The van der Waals surface area contributed by atoms with Gasteiger partial charge in [-0.2, -0.15) is 0 Å². The second-order valence-electron chi connectivity index (χ2n) is 18.7. The maximum Gasteiger partial charge on any atom is 0.355 e. The second-order valence-corrected chi connectivity index (χ2v) is 18.7. The molecule has 20 heteroatoms. The molecule has 0 radical (unpaired) electrons. The van der Waals surface area contributed by atoms with Crippen molar-refractivity contribution in [1.82, 2.24) is 0 Å². The number of hydrogen-bond donors (Lipinski definition) is 12. The Morgan fingerprint density at radius 3 is 2.40 bits per heavy atom. The minimum atomic E-state index is -3.20. The Bertz CT molecular complexity index is 2620. The summed E-state index contributed by atoms with van der Waals surface area (Å²) in [4.78, 5) is 43.3. The number of nitrogens with two attached hydrogens (primary N) is 2. The van der Waals surface area contributed by atoms with Crippen LogP contribution >= 0.6 is 0 Å². The monoisotopic (exact) mass is 968 g/mol. The van der Waals surface area contributed by atoms with E-state index < -0.39 is 89.3 Å². The molecule has 9 atom stereocenters. The molecule has 14 N–H and O–H groups in total. The predicted octanol–water partition coefficient (Wildman–Crippen LogP) is 1.95. The third-order valence-electron chi connectivity index (χ3n) is 14.4. The van der Waals surface area contributed by atoms with E-state index in [0.29, 0.717) is 66.5 Å². The Labute approximate surface area is 402 Å². The molecule has 2 aliphatic carbocycles. The minimum Gasteiger partial charge on any atom is -0.508 e. The van der Waals surface area contributed by atoms with Crippen molar-refractivity contribution < 1.29 is 70.1 Å². The normalized spacial score (nSPS) is 28.2. The predicted molar refractivity (Wildman–Crippen MR) is 255 cm³/mol. The third-order valence-corrected chi connectivity index (χ3v) is 14.4. The molecular formula is C50H60N6O14. The number of benzene rings is 3. The number of nitrogens with zero attached hydrogens (tertiary/aromatic N) is 4. The van der Waals surface area contributed by atoms with E-state index in [9.17, 15) is 55.9 Å². The second kappa shape index (κ2) is 20.1. The number of rotatable bonds is 17. The SMILES string of the molecule is NC(N)=NCCCC(O)CCC1=CC2(C(=O)O)C(c3cc(O)c(OC4(O)OC(CO)C(O)C(O)C4O)cc3N2C(=O)C=Cc2ccc(O)c(CC3=NCN=C3)c2)C1C1(c2ccccc2O)CCCCC1. The number of anilines is 1. The highest BCUT2D eigenvalue weighted by molar-refractivity contribution is 6.32. The fraction of sp³-hybridized carbons (Fsp3) is 0.460. The summed E-state index contributed by atoms with van der Waals surface area (Å²) in [5.41, 5.74) is 10.7. The van der Waals surface area contributed by atoms with Gasteiger partial charge in [0.1, 0.15) is 36.5 Å². The summed E-state index contributed by atoms with van der Waals surface area (Å²) < 4.78 is 11.1. The zero-order valence-corrected chi connectivity index (χ0v) is 38.3. The fourth-order valence-electron chi connectivity index (χ4n) is 11.3. The summed E-state index contributed by atoms with van der Waals surface area (Å²) >= 11 is 0. The maximum absolute atomic E-state index is 15.2. The molecule has 0 bridgehead atoms. The van der Waals surface area contributed by atoms with Crippen LogP contribution in [-0.4, -0.2) is 143 Å². The average molecular weight is 969 g/mol. The Balaban J connectivity index is 1.29. The van der Waals surface area contributed by atoms with Crippen LogP contribution in [0.25, 0.3) is 6.08 Å². The highest BCUT2D eigenvalue weighted by Crippen LogP contribution is 2.67. The molecule has 3 aromatic carbocycles. The molecule has 20 nitrogen and oxygen atoms in total. The van der Waals surface area contributed by atoms with Crippen molar-refractivity contribution in [1.29, 1.82) is 0 Å². The molecule has 9 unspecified atom stereocenters. The summed E-state index contributed by atoms with van der Waals surface area (Å²) in [6.07, 6.45) is 1.56. The van der Waals surface area contributed by atoms with E-state index in [1.807, 2.05) is 6.07 Å². The smallest absolute Gasteiger partial charge is 0.355 e. The van der Waals surface area contributed by atoms with Gasteiger partial charge in [0.25, 0.3) is 5.91 Å². The van der Waals surface area contributed by atoms with Crippen LogP contribution in [0, 0.1) is 5.92 Å². The lowest BCUT2D eigenvalue weighted by Crippen LogP contribution is -2.67. The van der Waals surface area contributed by atoms with Gasteiger partial charge in [-0.1, -0.05) is 49.1 Å². The highest BCUT2D eigenvalue weighted by Gasteiger charge is 2.68. The van der Waals surface area contributed by atoms with E-state index >= 15 is 4.79 Å². The number of carbonyl (C=O) groups is 2. The van der Waals surface area contributed by atoms with Gasteiger partial charge in [-0.15, -0.1) is 0 Å². The number of allylic oxidation sites excluding steroid dienone is 1. The van der Waals surface area contributed by atoms with Crippen molar-refractivity contribution in [3.63, 3.8) is 0 Å². The number of carboxylic acid groups (broad SMARTS) is 1. The van der Waals surface area contributed by atoms with Crippen LogP contribution in [-0.2, 0) is 26.2 Å². The number of aliphatic hydroxyl groups is 6. The van der Waals surface area contributed by atoms with E-state index in [-0.39, 0.29) is 61.2 Å². The topological polar surface area (TPSA) is 347 Å². The Kier molecular flexibility index (Phi) is 14.4. The standard InChI is InChI=1S/C50H60N6O14/c51-47(52)54-18-6-7-31(58)13-12-28-23-49(46(66)67)42(41(28)48(16-4-1-5-17-48)33-8-2-3-9-36(33)60)32-21-37(61)38(69-50(68)45(65)44(64)43(63)39(25-57)70-50)22-34(32)56(49)40(62)15-11-27-10-14-35(59)29(19-27)20-30-24-53-26-55-30/h2-3,8-11,14-15,19,21-24,31,39,41-45,57-61,63-65,68H,1,4-7,12-13,16-18,20,25-26H2,(H,66,67)(H4,51,52,54). The summed E-state index contributed by atoms with van der Waals surface area (Å²) in [5, 5.41) is 111. The largest absolute Gasteiger partial charge is 0.508 e. The van der Waals surface area contributed by atoms with Gasteiger partial charge in [0.2, 0.25) is 0 Å². The number of carbonyl (C=O) groups excluding carboxylic acids is 1. The van der Waals surface area contributed by atoms with Gasteiger partial charge in [-0.25, -0.2) is 4.79 Å². The van der Waals surface area contributed by atoms with Crippen LogP contribution in [0.1, 0.15) is 86.0 Å². The van der Waals surface area contributed by atoms with Crippen molar-refractivity contribution in [2.24, 2.45) is 32.4 Å². The van der Waals surface area contributed by atoms with Crippen LogP contribution in [0.4, 0.5) is 5.69 Å². The van der Waals surface area contributed by atoms with Crippen molar-refractivity contribution in [2.75, 3.05) is 24.7 Å². The molecule has 3 aliphatic heterocycles. The molecule has 374 valence electrons. The number of fused-ring (bicyclic) bond motifs is 3. The van der Waals surface area contributed by atoms with Gasteiger partial charge in [0, 0.05) is 53.8 Å². The lowest BCUT2D eigenvalue weighted by molar-refractivity contribution is -0.422. The molecule has 1 saturated heterocycles. The van der Waals surface area contributed by atoms with Gasteiger partial charge in [-0.3, -0.25) is 24.7 Å². The number of aliphatic hydroxyl groups excluding tert-OH is 5. The van der Waals surface area contributed by atoms with Crippen LogP contribution in [0.5, 0.6) is 23.0 Å². The molecular weight excluding hydrogens is 909 g/mol. The van der Waals surface area contributed by atoms with Crippen LogP contribution < -0.4 is 21.1 Å². The van der Waals surface area contributed by atoms with E-state index in [1.54, 1.807) is 42.6 Å². The van der Waals surface area contributed by atoms with Crippen LogP contribution in [0.15, 0.2) is 87.3 Å². The summed E-state index contributed by atoms with van der Waals surface area (Å²) in [5.74, 6) is -8.91. The molecule has 2 fully saturated rings. The maximum atomic E-state index is 15.2. The number of carboxylic acids is 1. The van der Waals surface area contributed by atoms with Gasteiger partial charge in [0.05, 0.1) is 24.1 Å². The first kappa shape index (κ1) is 50.0. The molecule has 1 amide bonds. The number of guanidine groups is 1. The number of aliphatic imine (C=N–C) groups is 3. The summed E-state index contributed by atoms with van der Waals surface area (Å²) in [7, 11) is 0. The molecule has 5 aliphatic rings. The number of ether oxygens (including phenoxy) is 2. The zero-order chi connectivity index (χ0) is 50.1. The number of amides is 1. The van der Waals surface area contributed by atoms with E-state index in [4.69, 9.17) is 20.9 Å². The number of phenolic OH excluding ortho intramolecular Hbond substituents is 3. The van der Waals surface area contributed by atoms with Gasteiger partial charge in [-0.05, 0) is 92.0 Å². The zero-order valence-electron chi connectivity index (χ0n) is 38.3. The van der Waals surface area contributed by atoms with Crippen molar-refractivity contribution in [2.45, 2.75) is 118 Å². The first-order valence-corrected chi connectivity index (χ1v) is 23.4. The lowest BCUT2D eigenvalue weighted by Gasteiger charge is -2.48. The highest BCUT2D eigenvalue weighted by atomic mass is 16.8. The van der Waals surface area contributed by atoms with Crippen molar-refractivity contribution in [3.8, 4) is 23.0 Å². The van der Waals surface area contributed by atoms with Crippen LogP contribution in [0.3, 0.4) is 0 Å². The number of phenols is 3. The number of aromatic hydroxyl groups is 3. The van der Waals surface area contributed by atoms with Crippen LogP contribution in [0.2, 0.25) is 0 Å². The van der Waals surface area contributed by atoms with Gasteiger partial charge < -0.3 is 72.0 Å². The van der Waals surface area contributed by atoms with Gasteiger partial charge in [0.15, 0.2) is 29.1 Å². The molecule has 3 heterocycles. The summed E-state index contributed by atoms with van der Waals surface area (Å²) in [6.45, 7) is -0.380. The lowest BCUT2D eigenvalue weighted by atomic mass is 9.55. The van der Waals surface area contributed by atoms with E-state index in [1.165, 1.54) is 24.3 Å². The van der Waals surface area contributed by atoms with Crippen molar-refractivity contribution in [3.05, 3.63) is 94.6 Å².